The van der Waals surface area contributed by atoms with Gasteiger partial charge in [-0.25, -0.2) is 4.79 Å². The lowest BCUT2D eigenvalue weighted by molar-refractivity contribution is -0.156. The lowest BCUT2D eigenvalue weighted by atomic mass is 10.1. The van der Waals surface area contributed by atoms with Crippen LogP contribution in [-0.2, 0) is 9.53 Å². The number of phenolic OH excluding ortho intramolecular Hbond substituents is 1. The van der Waals surface area contributed by atoms with Gasteiger partial charge in [-0.2, -0.15) is 0 Å². The fourth-order valence-corrected chi connectivity index (χ4v) is 1.63. The van der Waals surface area contributed by atoms with Crippen molar-refractivity contribution in [2.75, 3.05) is 0 Å². The number of ether oxygens (including phenoxy) is 1. The third kappa shape index (κ3) is 4.57. The summed E-state index contributed by atoms with van der Waals surface area (Å²) in [4.78, 5) is 23.8. The van der Waals surface area contributed by atoms with Crippen LogP contribution in [0.5, 0.6) is 5.75 Å². The molecule has 0 aromatic heterocycles. The van der Waals surface area contributed by atoms with Gasteiger partial charge in [-0.15, -0.1) is 0 Å². The Bertz CT molecular complexity index is 517. The van der Waals surface area contributed by atoms with Gasteiger partial charge in [0.15, 0.2) is 0 Å². The molecule has 20 heavy (non-hydrogen) atoms. The van der Waals surface area contributed by atoms with Crippen LogP contribution in [0, 0.1) is 6.92 Å². The molecule has 0 fully saturated rings. The summed E-state index contributed by atoms with van der Waals surface area (Å²) in [5.74, 6) is -0.762. The van der Waals surface area contributed by atoms with Crippen LogP contribution >= 0.6 is 0 Å². The first kappa shape index (κ1) is 16.0. The van der Waals surface area contributed by atoms with Crippen molar-refractivity contribution in [2.24, 2.45) is 0 Å². The van der Waals surface area contributed by atoms with Gasteiger partial charge in [-0.05, 0) is 58.4 Å². The van der Waals surface area contributed by atoms with Crippen molar-refractivity contribution in [2.45, 2.75) is 46.3 Å². The SMILES string of the molecule is Cc1cc(O)ccc1C(=O)N[C@@H](C)C(=O)OC(C)(C)C. The number of nitrogens with one attached hydrogen (secondary N) is 1. The van der Waals surface area contributed by atoms with Gasteiger partial charge in [-0.3, -0.25) is 4.79 Å². The van der Waals surface area contributed by atoms with E-state index in [2.05, 4.69) is 5.32 Å². The van der Waals surface area contributed by atoms with Gasteiger partial charge in [0.05, 0.1) is 0 Å². The number of carbonyl (C=O) groups is 2. The largest absolute Gasteiger partial charge is 0.508 e. The first-order chi connectivity index (χ1) is 9.10. The molecular weight excluding hydrogens is 258 g/mol. The van der Waals surface area contributed by atoms with Crippen molar-refractivity contribution in [3.8, 4) is 5.75 Å². The number of phenols is 1. The van der Waals surface area contributed by atoms with E-state index in [9.17, 15) is 14.7 Å². The second-order valence-corrected chi connectivity index (χ2v) is 5.73. The summed E-state index contributed by atoms with van der Waals surface area (Å²) in [6.45, 7) is 8.59. The maximum Gasteiger partial charge on any atom is 0.328 e. The molecule has 5 nitrogen and oxygen atoms in total. The van der Waals surface area contributed by atoms with Crippen molar-refractivity contribution in [1.29, 1.82) is 0 Å². The Morgan fingerprint density at radius 1 is 1.30 bits per heavy atom. The Morgan fingerprint density at radius 3 is 2.40 bits per heavy atom. The molecule has 0 bridgehead atoms. The number of carbonyl (C=O) groups excluding carboxylic acids is 2. The first-order valence-electron chi connectivity index (χ1n) is 6.43. The third-order valence-electron chi connectivity index (χ3n) is 2.56. The maximum atomic E-state index is 12.1. The molecule has 2 N–H and O–H groups in total. The highest BCUT2D eigenvalue weighted by molar-refractivity contribution is 5.98. The van der Waals surface area contributed by atoms with Crippen LogP contribution in [0.25, 0.3) is 0 Å². The minimum atomic E-state index is -0.741. The van der Waals surface area contributed by atoms with E-state index in [1.165, 1.54) is 18.2 Å². The fourth-order valence-electron chi connectivity index (χ4n) is 1.63. The van der Waals surface area contributed by atoms with Crippen molar-refractivity contribution < 1.29 is 19.4 Å². The molecule has 0 aliphatic heterocycles. The molecule has 1 aromatic carbocycles. The smallest absolute Gasteiger partial charge is 0.328 e. The van der Waals surface area contributed by atoms with Crippen LogP contribution in [0.3, 0.4) is 0 Å². The summed E-state index contributed by atoms with van der Waals surface area (Å²) in [5.41, 5.74) is 0.460. The van der Waals surface area contributed by atoms with Gasteiger partial charge in [0, 0.05) is 5.56 Å². The van der Waals surface area contributed by atoms with Gasteiger partial charge < -0.3 is 15.2 Å². The van der Waals surface area contributed by atoms with Crippen LogP contribution in [-0.4, -0.2) is 28.6 Å². The van der Waals surface area contributed by atoms with Gasteiger partial charge in [-0.1, -0.05) is 0 Å². The topological polar surface area (TPSA) is 75.6 Å². The van der Waals surface area contributed by atoms with Crippen LogP contribution in [0.2, 0.25) is 0 Å². The number of rotatable bonds is 3. The van der Waals surface area contributed by atoms with Crippen LogP contribution < -0.4 is 5.32 Å². The summed E-state index contributed by atoms with van der Waals surface area (Å²) in [5, 5.41) is 11.9. The number of hydrogen-bond donors (Lipinski definition) is 2. The molecule has 0 unspecified atom stereocenters. The number of benzene rings is 1. The molecular formula is C15H21NO4. The average molecular weight is 279 g/mol. The maximum absolute atomic E-state index is 12.1. The normalized spacial score (nSPS) is 12.7. The molecule has 5 heteroatoms. The molecule has 1 aromatic rings. The predicted octanol–water partition coefficient (Wildman–Crippen LogP) is 2.16. The van der Waals surface area contributed by atoms with E-state index in [4.69, 9.17) is 4.74 Å². The summed E-state index contributed by atoms with van der Waals surface area (Å²) in [6, 6.07) is 3.70. The highest BCUT2D eigenvalue weighted by Crippen LogP contribution is 2.16. The van der Waals surface area contributed by atoms with Crippen LogP contribution in [0.15, 0.2) is 18.2 Å². The Kier molecular flexibility index (Phi) is 4.76. The number of hydrogen-bond acceptors (Lipinski definition) is 4. The molecule has 0 heterocycles. The van der Waals surface area contributed by atoms with E-state index >= 15 is 0 Å². The standard InChI is InChI=1S/C15H21NO4/c1-9-8-11(17)6-7-12(9)13(18)16-10(2)14(19)20-15(3,4)5/h6-8,10,17H,1-5H3,(H,16,18)/t10-/m0/s1. The van der Waals surface area contributed by atoms with Crippen molar-refractivity contribution in [3.05, 3.63) is 29.3 Å². The summed E-state index contributed by atoms with van der Waals surface area (Å²) in [6.07, 6.45) is 0. The van der Waals surface area contributed by atoms with Crippen molar-refractivity contribution in [1.82, 2.24) is 5.32 Å². The van der Waals surface area contributed by atoms with Gasteiger partial charge in [0.25, 0.3) is 5.91 Å². The number of aromatic hydroxyl groups is 1. The number of amides is 1. The van der Waals surface area contributed by atoms with E-state index in [0.29, 0.717) is 11.1 Å². The molecule has 0 spiro atoms. The zero-order chi connectivity index (χ0) is 15.5. The van der Waals surface area contributed by atoms with E-state index in [0.717, 1.165) is 0 Å². The molecule has 1 atom stereocenters. The lowest BCUT2D eigenvalue weighted by Crippen LogP contribution is -2.42. The highest BCUT2D eigenvalue weighted by Gasteiger charge is 2.23. The molecule has 0 aliphatic rings. The Balaban J connectivity index is 2.73. The van der Waals surface area contributed by atoms with E-state index in [1.54, 1.807) is 34.6 Å². The minimum Gasteiger partial charge on any atom is -0.508 e. The second kappa shape index (κ2) is 5.94. The molecule has 0 saturated heterocycles. The van der Waals surface area contributed by atoms with Gasteiger partial charge in [0.2, 0.25) is 0 Å². The van der Waals surface area contributed by atoms with Crippen LogP contribution in [0.1, 0.15) is 43.6 Å². The average Bonchev–Trinajstić information content (AvgIpc) is 2.26. The van der Waals surface area contributed by atoms with Crippen LogP contribution in [0.4, 0.5) is 0 Å². The quantitative estimate of drug-likeness (QED) is 0.831. The monoisotopic (exact) mass is 279 g/mol. The number of esters is 1. The molecule has 110 valence electrons. The van der Waals surface area contributed by atoms with E-state index < -0.39 is 17.6 Å². The fraction of sp³-hybridized carbons (Fsp3) is 0.467. The Hall–Kier alpha value is -2.04. The number of aryl methyl sites for hydroxylation is 1. The van der Waals surface area contributed by atoms with Crippen molar-refractivity contribution >= 4 is 11.9 Å². The third-order valence-corrected chi connectivity index (χ3v) is 2.56. The molecule has 1 amide bonds. The molecule has 0 aliphatic carbocycles. The molecule has 0 radical (unpaired) electrons. The zero-order valence-electron chi connectivity index (χ0n) is 12.5. The summed E-state index contributed by atoms with van der Waals surface area (Å²) >= 11 is 0. The summed E-state index contributed by atoms with van der Waals surface area (Å²) < 4.78 is 5.19. The van der Waals surface area contributed by atoms with Gasteiger partial charge >= 0.3 is 5.97 Å². The first-order valence-corrected chi connectivity index (χ1v) is 6.43. The molecule has 1 rings (SSSR count). The predicted molar refractivity (Wildman–Crippen MR) is 75.6 cm³/mol. The van der Waals surface area contributed by atoms with Gasteiger partial charge in [0.1, 0.15) is 17.4 Å². The Morgan fingerprint density at radius 2 is 1.90 bits per heavy atom. The lowest BCUT2D eigenvalue weighted by Gasteiger charge is -2.22. The highest BCUT2D eigenvalue weighted by atomic mass is 16.6. The summed E-state index contributed by atoms with van der Waals surface area (Å²) in [7, 11) is 0. The minimum absolute atomic E-state index is 0.0965. The van der Waals surface area contributed by atoms with E-state index in [-0.39, 0.29) is 11.7 Å². The van der Waals surface area contributed by atoms with Crippen molar-refractivity contribution in [3.63, 3.8) is 0 Å². The van der Waals surface area contributed by atoms with E-state index in [1.807, 2.05) is 0 Å². The second-order valence-electron chi connectivity index (χ2n) is 5.73. The molecule has 0 saturated carbocycles. The zero-order valence-corrected chi connectivity index (χ0v) is 12.5. The Labute approximate surface area is 118 Å².